The van der Waals surface area contributed by atoms with Crippen LogP contribution in [0.5, 0.6) is 0 Å². The Balaban J connectivity index is 2.61. The van der Waals surface area contributed by atoms with E-state index >= 15 is 0 Å². The van der Waals surface area contributed by atoms with Crippen molar-refractivity contribution in [3.63, 3.8) is 0 Å². The number of nitrogens with zero attached hydrogens (tertiary/aromatic N) is 1. The van der Waals surface area contributed by atoms with E-state index in [9.17, 15) is 14.9 Å². The van der Waals surface area contributed by atoms with E-state index < -0.39 is 10.8 Å². The zero-order valence-corrected chi connectivity index (χ0v) is 11.0. The molecule has 19 heavy (non-hydrogen) atoms. The lowest BCUT2D eigenvalue weighted by Crippen LogP contribution is -2.24. The van der Waals surface area contributed by atoms with Crippen LogP contribution in [0.4, 0.5) is 5.69 Å². The van der Waals surface area contributed by atoms with Crippen molar-refractivity contribution in [3.8, 4) is 0 Å². The first-order valence-electron chi connectivity index (χ1n) is 5.89. The molecule has 0 aliphatic carbocycles. The van der Waals surface area contributed by atoms with Crippen LogP contribution in [0, 0.1) is 10.1 Å². The van der Waals surface area contributed by atoms with Gasteiger partial charge in [-0.2, -0.15) is 0 Å². The smallest absolute Gasteiger partial charge is 0.270 e. The number of carbonyl (C=O) groups excluding carboxylic acids is 1. The van der Waals surface area contributed by atoms with E-state index in [0.717, 1.165) is 18.9 Å². The van der Waals surface area contributed by atoms with E-state index in [1.54, 1.807) is 0 Å². The van der Waals surface area contributed by atoms with Crippen LogP contribution in [0.25, 0.3) is 0 Å². The van der Waals surface area contributed by atoms with Crippen LogP contribution in [-0.2, 0) is 0 Å². The molecule has 0 aliphatic rings. The van der Waals surface area contributed by atoms with Gasteiger partial charge in [0.05, 0.1) is 15.5 Å². The zero-order valence-electron chi connectivity index (χ0n) is 10.3. The summed E-state index contributed by atoms with van der Waals surface area (Å²) in [6.07, 6.45) is 2.23. The van der Waals surface area contributed by atoms with Gasteiger partial charge in [0.2, 0.25) is 0 Å². The SMILES string of the molecule is O=C(NCCCCCO)c1cc([N+](=O)[O-])ccc1Cl. The summed E-state index contributed by atoms with van der Waals surface area (Å²) in [5, 5.41) is 22.0. The summed E-state index contributed by atoms with van der Waals surface area (Å²) in [5.41, 5.74) is -0.0761. The average molecular weight is 287 g/mol. The number of amides is 1. The van der Waals surface area contributed by atoms with Gasteiger partial charge in [0.15, 0.2) is 0 Å². The Hall–Kier alpha value is -1.66. The standard InChI is InChI=1S/C12H15ClN2O4/c13-11-5-4-9(15(18)19)8-10(11)12(17)14-6-2-1-3-7-16/h4-5,8,16H,1-3,6-7H2,(H,14,17). The Kier molecular flexibility index (Phi) is 6.24. The van der Waals surface area contributed by atoms with Gasteiger partial charge in [0.25, 0.3) is 11.6 Å². The molecule has 0 saturated heterocycles. The minimum atomic E-state index is -0.575. The number of nitro benzene ring substituents is 1. The second kappa shape index (κ2) is 7.70. The van der Waals surface area contributed by atoms with E-state index in [1.807, 2.05) is 0 Å². The molecule has 0 aromatic heterocycles. The minimum Gasteiger partial charge on any atom is -0.396 e. The topological polar surface area (TPSA) is 92.5 Å². The van der Waals surface area contributed by atoms with Gasteiger partial charge in [0.1, 0.15) is 0 Å². The molecule has 0 aliphatic heterocycles. The number of aliphatic hydroxyl groups is 1. The van der Waals surface area contributed by atoms with E-state index in [0.29, 0.717) is 13.0 Å². The molecule has 104 valence electrons. The number of non-ortho nitro benzene ring substituents is 1. The zero-order chi connectivity index (χ0) is 14.3. The van der Waals surface area contributed by atoms with Gasteiger partial charge in [-0.3, -0.25) is 14.9 Å². The second-order valence-corrected chi connectivity index (χ2v) is 4.37. The fourth-order valence-corrected chi connectivity index (χ4v) is 1.71. The quantitative estimate of drug-likeness (QED) is 0.456. The van der Waals surface area contributed by atoms with Crippen LogP contribution in [0.3, 0.4) is 0 Å². The largest absolute Gasteiger partial charge is 0.396 e. The van der Waals surface area contributed by atoms with Gasteiger partial charge in [-0.15, -0.1) is 0 Å². The van der Waals surface area contributed by atoms with Crippen LogP contribution in [0.2, 0.25) is 5.02 Å². The van der Waals surface area contributed by atoms with Gasteiger partial charge >= 0.3 is 0 Å². The summed E-state index contributed by atoms with van der Waals surface area (Å²) in [5.74, 6) is -0.433. The van der Waals surface area contributed by atoms with Crippen molar-refractivity contribution in [3.05, 3.63) is 38.9 Å². The summed E-state index contributed by atoms with van der Waals surface area (Å²) >= 11 is 5.84. The highest BCUT2D eigenvalue weighted by Gasteiger charge is 2.15. The highest BCUT2D eigenvalue weighted by molar-refractivity contribution is 6.33. The molecule has 2 N–H and O–H groups in total. The number of benzene rings is 1. The van der Waals surface area contributed by atoms with Crippen molar-refractivity contribution in [2.75, 3.05) is 13.2 Å². The first kappa shape index (κ1) is 15.4. The molecule has 1 aromatic carbocycles. The van der Waals surface area contributed by atoms with Crippen molar-refractivity contribution >= 4 is 23.2 Å². The van der Waals surface area contributed by atoms with Crippen LogP contribution < -0.4 is 5.32 Å². The fourth-order valence-electron chi connectivity index (χ4n) is 1.51. The van der Waals surface area contributed by atoms with Gasteiger partial charge in [-0.25, -0.2) is 0 Å². The Bertz CT molecular complexity index is 465. The number of rotatable bonds is 7. The van der Waals surface area contributed by atoms with E-state index in [2.05, 4.69) is 5.32 Å². The lowest BCUT2D eigenvalue weighted by Gasteiger charge is -2.06. The molecule has 0 spiro atoms. The molecule has 0 bridgehead atoms. The molecule has 1 rings (SSSR count). The third kappa shape index (κ3) is 4.84. The van der Waals surface area contributed by atoms with E-state index in [4.69, 9.17) is 16.7 Å². The fraction of sp³-hybridized carbons (Fsp3) is 0.417. The number of nitro groups is 1. The second-order valence-electron chi connectivity index (χ2n) is 3.96. The lowest BCUT2D eigenvalue weighted by molar-refractivity contribution is -0.384. The summed E-state index contributed by atoms with van der Waals surface area (Å²) in [4.78, 5) is 21.9. The molecule has 1 aromatic rings. The maximum Gasteiger partial charge on any atom is 0.270 e. The Labute approximate surface area is 115 Å². The summed E-state index contributed by atoms with van der Waals surface area (Å²) < 4.78 is 0. The molecule has 0 atom stereocenters. The molecular formula is C12H15ClN2O4. The van der Waals surface area contributed by atoms with E-state index in [-0.39, 0.29) is 22.9 Å². The highest BCUT2D eigenvalue weighted by Crippen LogP contribution is 2.21. The molecule has 0 radical (unpaired) electrons. The minimum absolute atomic E-state index is 0.0954. The van der Waals surface area contributed by atoms with Crippen molar-refractivity contribution in [1.82, 2.24) is 5.32 Å². The van der Waals surface area contributed by atoms with Crippen LogP contribution in [0.15, 0.2) is 18.2 Å². The lowest BCUT2D eigenvalue weighted by atomic mass is 10.2. The molecule has 0 saturated carbocycles. The van der Waals surface area contributed by atoms with Crippen molar-refractivity contribution in [2.45, 2.75) is 19.3 Å². The molecule has 0 heterocycles. The first-order chi connectivity index (χ1) is 9.06. The van der Waals surface area contributed by atoms with Crippen molar-refractivity contribution in [1.29, 1.82) is 0 Å². The Morgan fingerprint density at radius 2 is 2.11 bits per heavy atom. The maximum absolute atomic E-state index is 11.8. The van der Waals surface area contributed by atoms with E-state index in [1.165, 1.54) is 12.1 Å². The maximum atomic E-state index is 11.8. The third-order valence-electron chi connectivity index (χ3n) is 2.53. The Morgan fingerprint density at radius 1 is 1.37 bits per heavy atom. The molecule has 6 nitrogen and oxygen atoms in total. The predicted octanol–water partition coefficient (Wildman–Crippen LogP) is 2.14. The van der Waals surface area contributed by atoms with Gasteiger partial charge in [-0.1, -0.05) is 11.6 Å². The predicted molar refractivity (Wildman–Crippen MR) is 71.4 cm³/mol. The van der Waals surface area contributed by atoms with Gasteiger partial charge in [0, 0.05) is 25.3 Å². The molecular weight excluding hydrogens is 272 g/mol. The third-order valence-corrected chi connectivity index (χ3v) is 2.86. The normalized spacial score (nSPS) is 10.2. The van der Waals surface area contributed by atoms with Crippen molar-refractivity contribution < 1.29 is 14.8 Å². The molecule has 0 unspecified atom stereocenters. The number of hydrogen-bond acceptors (Lipinski definition) is 4. The van der Waals surface area contributed by atoms with Crippen LogP contribution in [-0.4, -0.2) is 29.1 Å². The number of aliphatic hydroxyl groups excluding tert-OH is 1. The van der Waals surface area contributed by atoms with Crippen LogP contribution >= 0.6 is 11.6 Å². The number of nitrogens with one attached hydrogen (secondary N) is 1. The highest BCUT2D eigenvalue weighted by atomic mass is 35.5. The van der Waals surface area contributed by atoms with Gasteiger partial charge < -0.3 is 10.4 Å². The van der Waals surface area contributed by atoms with Crippen LogP contribution in [0.1, 0.15) is 29.6 Å². The Morgan fingerprint density at radius 3 is 2.74 bits per heavy atom. The van der Waals surface area contributed by atoms with Crippen molar-refractivity contribution in [2.24, 2.45) is 0 Å². The number of carbonyl (C=O) groups is 1. The molecule has 0 fully saturated rings. The summed E-state index contributed by atoms with van der Waals surface area (Å²) in [6, 6.07) is 3.74. The average Bonchev–Trinajstić information content (AvgIpc) is 2.38. The first-order valence-corrected chi connectivity index (χ1v) is 6.27. The van der Waals surface area contributed by atoms with Gasteiger partial charge in [-0.05, 0) is 25.3 Å². The number of hydrogen-bond donors (Lipinski definition) is 2. The summed E-state index contributed by atoms with van der Waals surface area (Å²) in [7, 11) is 0. The number of unbranched alkanes of at least 4 members (excludes halogenated alkanes) is 2. The summed E-state index contributed by atoms with van der Waals surface area (Å²) in [6.45, 7) is 0.572. The molecule has 7 heteroatoms. The molecule has 1 amide bonds. The monoisotopic (exact) mass is 286 g/mol. The number of halogens is 1.